The highest BCUT2D eigenvalue weighted by molar-refractivity contribution is 9.09. The van der Waals surface area contributed by atoms with Crippen molar-refractivity contribution in [3.05, 3.63) is 0 Å². The maximum Gasteiger partial charge on any atom is 0.0576 e. The molecule has 1 aliphatic heterocycles. The lowest BCUT2D eigenvalue weighted by Gasteiger charge is -2.18. The van der Waals surface area contributed by atoms with Crippen molar-refractivity contribution in [1.29, 1.82) is 0 Å². The summed E-state index contributed by atoms with van der Waals surface area (Å²) in [4.78, 5) is 0.787. The van der Waals surface area contributed by atoms with Crippen molar-refractivity contribution in [2.45, 2.75) is 68.7 Å². The molecular weight excluding hydrogens is 252 g/mol. The molecule has 3 atom stereocenters. The van der Waals surface area contributed by atoms with Gasteiger partial charge >= 0.3 is 0 Å². The molecule has 2 rings (SSSR count). The summed E-state index contributed by atoms with van der Waals surface area (Å²) in [6.07, 6.45) is 13.0. The molecule has 2 fully saturated rings. The molecule has 1 heterocycles. The van der Waals surface area contributed by atoms with E-state index in [1.54, 1.807) is 0 Å². The van der Waals surface area contributed by atoms with Gasteiger partial charge in [-0.2, -0.15) is 0 Å². The molecule has 0 bridgehead atoms. The van der Waals surface area contributed by atoms with Crippen LogP contribution in [0, 0.1) is 5.92 Å². The molecule has 2 heteroatoms. The number of hydrogen-bond donors (Lipinski definition) is 0. The van der Waals surface area contributed by atoms with Gasteiger partial charge in [0.1, 0.15) is 0 Å². The second-order valence-corrected chi connectivity index (χ2v) is 6.49. The zero-order valence-electron chi connectivity index (χ0n) is 9.59. The molecule has 15 heavy (non-hydrogen) atoms. The van der Waals surface area contributed by atoms with Gasteiger partial charge in [-0.25, -0.2) is 0 Å². The van der Waals surface area contributed by atoms with E-state index in [-0.39, 0.29) is 0 Å². The van der Waals surface area contributed by atoms with E-state index in [9.17, 15) is 0 Å². The molecule has 3 unspecified atom stereocenters. The van der Waals surface area contributed by atoms with Gasteiger partial charge in [0, 0.05) is 11.4 Å². The van der Waals surface area contributed by atoms with Crippen molar-refractivity contribution in [1.82, 2.24) is 0 Å². The summed E-state index contributed by atoms with van der Waals surface area (Å²) in [6.45, 7) is 1.01. The maximum atomic E-state index is 5.69. The van der Waals surface area contributed by atoms with E-state index in [1.807, 2.05) is 0 Å². The quantitative estimate of drug-likeness (QED) is 0.551. The lowest BCUT2D eigenvalue weighted by Crippen LogP contribution is -2.11. The molecule has 0 N–H and O–H groups in total. The second-order valence-electron chi connectivity index (χ2n) is 5.20. The van der Waals surface area contributed by atoms with E-state index in [0.29, 0.717) is 6.10 Å². The van der Waals surface area contributed by atoms with Gasteiger partial charge in [-0.3, -0.25) is 0 Å². The predicted molar refractivity (Wildman–Crippen MR) is 67.5 cm³/mol. The van der Waals surface area contributed by atoms with E-state index < -0.39 is 0 Å². The van der Waals surface area contributed by atoms with Crippen molar-refractivity contribution < 1.29 is 4.74 Å². The Morgan fingerprint density at radius 1 is 1.00 bits per heavy atom. The fraction of sp³-hybridized carbons (Fsp3) is 1.00. The van der Waals surface area contributed by atoms with Gasteiger partial charge in [-0.05, 0) is 44.4 Å². The number of halogens is 1. The molecule has 0 aromatic rings. The average Bonchev–Trinajstić information content (AvgIpc) is 2.65. The average molecular weight is 275 g/mol. The van der Waals surface area contributed by atoms with E-state index in [4.69, 9.17) is 4.74 Å². The van der Waals surface area contributed by atoms with Crippen LogP contribution in [-0.2, 0) is 4.74 Å². The first-order chi connectivity index (χ1) is 7.34. The highest BCUT2D eigenvalue weighted by atomic mass is 79.9. The first-order valence-corrected chi connectivity index (χ1v) is 7.52. The zero-order chi connectivity index (χ0) is 10.5. The monoisotopic (exact) mass is 274 g/mol. The van der Waals surface area contributed by atoms with Crippen molar-refractivity contribution >= 4 is 15.9 Å². The normalized spacial score (nSPS) is 37.8. The summed E-state index contributed by atoms with van der Waals surface area (Å²) < 4.78 is 5.69. The zero-order valence-corrected chi connectivity index (χ0v) is 11.2. The summed E-state index contributed by atoms with van der Waals surface area (Å²) in [5.74, 6) is 0.959. The fourth-order valence-corrected chi connectivity index (χ4v) is 3.80. The molecule has 0 aromatic heterocycles. The van der Waals surface area contributed by atoms with Gasteiger partial charge in [-0.15, -0.1) is 0 Å². The van der Waals surface area contributed by atoms with E-state index in [0.717, 1.165) is 17.4 Å². The van der Waals surface area contributed by atoms with Gasteiger partial charge in [0.05, 0.1) is 6.10 Å². The van der Waals surface area contributed by atoms with Crippen LogP contribution in [-0.4, -0.2) is 17.5 Å². The molecule has 1 saturated carbocycles. The van der Waals surface area contributed by atoms with Crippen LogP contribution >= 0.6 is 15.9 Å². The van der Waals surface area contributed by atoms with Crippen molar-refractivity contribution in [2.75, 3.05) is 6.61 Å². The summed E-state index contributed by atoms with van der Waals surface area (Å²) >= 11 is 3.80. The van der Waals surface area contributed by atoms with Crippen LogP contribution < -0.4 is 0 Å². The minimum atomic E-state index is 0.599. The third-order valence-electron chi connectivity index (χ3n) is 3.89. The van der Waals surface area contributed by atoms with Crippen LogP contribution in [0.3, 0.4) is 0 Å². The van der Waals surface area contributed by atoms with Crippen LogP contribution in [0.2, 0.25) is 0 Å². The van der Waals surface area contributed by atoms with Crippen molar-refractivity contribution in [3.63, 3.8) is 0 Å². The smallest absolute Gasteiger partial charge is 0.0576 e. The largest absolute Gasteiger partial charge is 0.378 e. The SMILES string of the molecule is BrC1CCCCC(CCC2CCCO2)C1. The molecule has 1 saturated heterocycles. The topological polar surface area (TPSA) is 9.23 Å². The lowest BCUT2D eigenvalue weighted by atomic mass is 9.93. The number of rotatable bonds is 3. The first-order valence-electron chi connectivity index (χ1n) is 6.60. The molecule has 1 aliphatic carbocycles. The number of ether oxygens (including phenoxy) is 1. The van der Waals surface area contributed by atoms with E-state index in [1.165, 1.54) is 57.8 Å². The molecule has 2 aliphatic rings. The molecule has 0 amide bonds. The van der Waals surface area contributed by atoms with Crippen molar-refractivity contribution in [3.8, 4) is 0 Å². The Morgan fingerprint density at radius 3 is 2.67 bits per heavy atom. The molecule has 0 aromatic carbocycles. The Kier molecular flexibility index (Phi) is 4.96. The first kappa shape index (κ1) is 11.9. The van der Waals surface area contributed by atoms with Crippen LogP contribution in [0.1, 0.15) is 57.8 Å². The number of alkyl halides is 1. The van der Waals surface area contributed by atoms with Crippen LogP contribution in [0.5, 0.6) is 0 Å². The Hall–Kier alpha value is 0.440. The van der Waals surface area contributed by atoms with Crippen molar-refractivity contribution in [2.24, 2.45) is 5.92 Å². The van der Waals surface area contributed by atoms with Crippen LogP contribution in [0.15, 0.2) is 0 Å². The molecule has 0 spiro atoms. The molecular formula is C13H23BrO. The summed E-state index contributed by atoms with van der Waals surface area (Å²) in [7, 11) is 0. The highest BCUT2D eigenvalue weighted by Gasteiger charge is 2.21. The minimum Gasteiger partial charge on any atom is -0.378 e. The van der Waals surface area contributed by atoms with Gasteiger partial charge in [-0.1, -0.05) is 35.2 Å². The Bertz CT molecular complexity index is 177. The summed E-state index contributed by atoms with van der Waals surface area (Å²) in [6, 6.07) is 0. The molecule has 88 valence electrons. The fourth-order valence-electron chi connectivity index (χ4n) is 2.95. The number of hydrogen-bond acceptors (Lipinski definition) is 1. The summed E-state index contributed by atoms with van der Waals surface area (Å²) in [5.41, 5.74) is 0. The van der Waals surface area contributed by atoms with Gasteiger partial charge in [0.25, 0.3) is 0 Å². The van der Waals surface area contributed by atoms with E-state index in [2.05, 4.69) is 15.9 Å². The standard InChI is InChI=1S/C13H23BrO/c14-12-5-2-1-4-11(10-12)7-8-13-6-3-9-15-13/h11-13H,1-10H2. The Morgan fingerprint density at radius 2 is 1.87 bits per heavy atom. The highest BCUT2D eigenvalue weighted by Crippen LogP contribution is 2.31. The Balaban J connectivity index is 1.67. The Labute approximate surface area is 102 Å². The van der Waals surface area contributed by atoms with Gasteiger partial charge in [0.15, 0.2) is 0 Å². The second kappa shape index (κ2) is 6.24. The van der Waals surface area contributed by atoms with Gasteiger partial charge < -0.3 is 4.74 Å². The predicted octanol–water partition coefficient (Wildman–Crippen LogP) is 4.29. The molecule has 1 nitrogen and oxygen atoms in total. The molecule has 0 radical (unpaired) electrons. The van der Waals surface area contributed by atoms with Crippen LogP contribution in [0.25, 0.3) is 0 Å². The lowest BCUT2D eigenvalue weighted by molar-refractivity contribution is 0.0973. The third kappa shape index (κ3) is 4.07. The van der Waals surface area contributed by atoms with Crippen LogP contribution in [0.4, 0.5) is 0 Å². The summed E-state index contributed by atoms with van der Waals surface area (Å²) in [5, 5.41) is 0. The van der Waals surface area contributed by atoms with E-state index >= 15 is 0 Å². The third-order valence-corrected chi connectivity index (χ3v) is 4.72. The van der Waals surface area contributed by atoms with Gasteiger partial charge in [0.2, 0.25) is 0 Å². The minimum absolute atomic E-state index is 0.599. The maximum absolute atomic E-state index is 5.69.